The van der Waals surface area contributed by atoms with Crippen LogP contribution in [0.1, 0.15) is 51.7 Å². The molecule has 0 unspecified atom stereocenters. The van der Waals surface area contributed by atoms with Crippen molar-refractivity contribution in [2.75, 3.05) is 6.54 Å². The first kappa shape index (κ1) is 29.9. The van der Waals surface area contributed by atoms with Gasteiger partial charge < -0.3 is 24.5 Å². The molecule has 10 heteroatoms. The molecule has 2 heterocycles. The number of amides is 1. The van der Waals surface area contributed by atoms with E-state index < -0.39 is 11.7 Å². The van der Waals surface area contributed by atoms with Gasteiger partial charge in [0.2, 0.25) is 0 Å². The second-order valence-electron chi connectivity index (χ2n) is 11.7. The molecule has 9 nitrogen and oxygen atoms in total. The molecule has 5 aromatic rings. The fourth-order valence-electron chi connectivity index (χ4n) is 4.91. The number of aromatic hydroxyl groups is 1. The maximum absolute atomic E-state index is 12.0. The second kappa shape index (κ2) is 12.3. The third-order valence-electron chi connectivity index (χ3n) is 6.94. The van der Waals surface area contributed by atoms with E-state index in [0.29, 0.717) is 36.0 Å². The normalized spacial score (nSPS) is 11.7. The van der Waals surface area contributed by atoms with Gasteiger partial charge in [-0.1, -0.05) is 44.2 Å². The van der Waals surface area contributed by atoms with Gasteiger partial charge in [0.1, 0.15) is 23.7 Å². The number of benzene rings is 3. The van der Waals surface area contributed by atoms with Crippen LogP contribution in [0, 0.1) is 4.77 Å². The highest BCUT2D eigenvalue weighted by Crippen LogP contribution is 2.39. The molecule has 3 aromatic carbocycles. The summed E-state index contributed by atoms with van der Waals surface area (Å²) in [5.74, 6) is 1.34. The van der Waals surface area contributed by atoms with Gasteiger partial charge in [-0.25, -0.2) is 4.79 Å². The van der Waals surface area contributed by atoms with E-state index in [9.17, 15) is 9.90 Å². The average molecular weight is 600 g/mol. The number of rotatable bonds is 9. The van der Waals surface area contributed by atoms with E-state index in [1.165, 1.54) is 0 Å². The molecule has 0 aliphatic rings. The Morgan fingerprint density at radius 2 is 1.86 bits per heavy atom. The first-order chi connectivity index (χ1) is 20.5. The van der Waals surface area contributed by atoms with Gasteiger partial charge in [-0.15, -0.1) is 0 Å². The van der Waals surface area contributed by atoms with Gasteiger partial charge in [0.25, 0.3) is 0 Å². The minimum atomic E-state index is -0.543. The molecule has 1 amide bonds. The molecule has 224 valence electrons. The number of alkyl carbamates (subject to hydrolysis) is 1. The average Bonchev–Trinajstić information content (AvgIpc) is 3.54. The maximum Gasteiger partial charge on any atom is 0.407 e. The monoisotopic (exact) mass is 599 g/mol. The first-order valence-corrected chi connectivity index (χ1v) is 14.7. The molecule has 0 saturated carbocycles. The van der Waals surface area contributed by atoms with E-state index in [4.69, 9.17) is 21.7 Å². The Kier molecular flexibility index (Phi) is 8.59. The lowest BCUT2D eigenvalue weighted by molar-refractivity contribution is 0.0526. The standard InChI is InChI=1S/C33H37N5O4S/c1-21(2)25-18-26(29(19-28(25)39)41-20-22-9-7-6-8-10-22)30-35-36-31(43)38(30)24-11-12-27-23(17-24)13-15-37(27)16-14-34-32(40)42-33(3,4)5/h6-13,15,17-19,21,39H,14,16,20H2,1-5H3,(H,34,40)(H,36,43). The number of hydrogen-bond acceptors (Lipinski definition) is 6. The number of nitrogens with one attached hydrogen (secondary N) is 2. The number of carbonyl (C=O) groups is 1. The summed E-state index contributed by atoms with van der Waals surface area (Å²) in [6.45, 7) is 10.9. The Labute approximate surface area is 256 Å². The van der Waals surface area contributed by atoms with Crippen molar-refractivity contribution >= 4 is 29.2 Å². The smallest absolute Gasteiger partial charge is 0.407 e. The number of fused-ring (bicyclic) bond motifs is 1. The van der Waals surface area contributed by atoms with Gasteiger partial charge in [-0.05, 0) is 80.4 Å². The lowest BCUT2D eigenvalue weighted by Gasteiger charge is -2.19. The van der Waals surface area contributed by atoms with Gasteiger partial charge in [0.05, 0.1) is 11.3 Å². The topological polar surface area (TPSA) is 106 Å². The molecule has 0 atom stereocenters. The van der Waals surface area contributed by atoms with Crippen molar-refractivity contribution in [3.8, 4) is 28.6 Å². The Balaban J connectivity index is 1.46. The predicted molar refractivity (Wildman–Crippen MR) is 170 cm³/mol. The zero-order chi connectivity index (χ0) is 30.7. The fourth-order valence-corrected chi connectivity index (χ4v) is 5.15. The summed E-state index contributed by atoms with van der Waals surface area (Å²) in [7, 11) is 0. The zero-order valence-corrected chi connectivity index (χ0v) is 25.9. The minimum Gasteiger partial charge on any atom is -0.508 e. The molecule has 0 spiro atoms. The van der Waals surface area contributed by atoms with Crippen molar-refractivity contribution in [2.24, 2.45) is 0 Å². The number of phenols is 1. The van der Waals surface area contributed by atoms with Crippen LogP contribution in [-0.4, -0.2) is 42.7 Å². The van der Waals surface area contributed by atoms with Crippen LogP contribution in [-0.2, 0) is 17.9 Å². The molecule has 3 N–H and O–H groups in total. The maximum atomic E-state index is 12.0. The molecular formula is C33H37N5O4S. The number of hydrogen-bond donors (Lipinski definition) is 3. The molecule has 0 aliphatic heterocycles. The summed E-state index contributed by atoms with van der Waals surface area (Å²) in [6, 6.07) is 21.6. The van der Waals surface area contributed by atoms with Crippen molar-refractivity contribution in [2.45, 2.75) is 59.3 Å². The molecule has 0 saturated heterocycles. The highest BCUT2D eigenvalue weighted by molar-refractivity contribution is 7.71. The largest absolute Gasteiger partial charge is 0.508 e. The predicted octanol–water partition coefficient (Wildman–Crippen LogP) is 7.48. The zero-order valence-electron chi connectivity index (χ0n) is 25.0. The Morgan fingerprint density at radius 3 is 2.58 bits per heavy atom. The first-order valence-electron chi connectivity index (χ1n) is 14.3. The van der Waals surface area contributed by atoms with E-state index in [0.717, 1.165) is 33.3 Å². The number of ether oxygens (including phenoxy) is 2. The number of phenolic OH excluding ortho intramolecular Hbond substituents is 1. The number of nitrogens with zero attached hydrogens (tertiary/aromatic N) is 3. The molecule has 2 aromatic heterocycles. The molecule has 0 bridgehead atoms. The SMILES string of the molecule is CC(C)c1cc(-c2n[nH]c(=S)n2-c2ccc3c(ccn3CCNC(=O)OC(C)(C)C)c2)c(OCc2ccccc2)cc1O. The Bertz CT molecular complexity index is 1800. The highest BCUT2D eigenvalue weighted by atomic mass is 32.1. The molecule has 43 heavy (non-hydrogen) atoms. The third-order valence-corrected chi connectivity index (χ3v) is 7.21. The van der Waals surface area contributed by atoms with Gasteiger partial charge in [-0.2, -0.15) is 5.10 Å². The fraction of sp³-hybridized carbons (Fsp3) is 0.303. The van der Waals surface area contributed by atoms with Crippen LogP contribution >= 0.6 is 12.2 Å². The lowest BCUT2D eigenvalue weighted by Crippen LogP contribution is -2.34. The third kappa shape index (κ3) is 6.91. The Morgan fingerprint density at radius 1 is 1.09 bits per heavy atom. The lowest BCUT2D eigenvalue weighted by atomic mass is 9.98. The summed E-state index contributed by atoms with van der Waals surface area (Å²) in [4.78, 5) is 12.0. The van der Waals surface area contributed by atoms with Gasteiger partial charge in [-0.3, -0.25) is 9.67 Å². The summed E-state index contributed by atoms with van der Waals surface area (Å²) in [5, 5.41) is 22.2. The molecule has 0 radical (unpaired) electrons. The van der Waals surface area contributed by atoms with Crippen LogP contribution in [0.15, 0.2) is 72.9 Å². The van der Waals surface area contributed by atoms with Crippen LogP contribution in [0.25, 0.3) is 28.0 Å². The van der Waals surface area contributed by atoms with Crippen molar-refractivity contribution in [3.05, 3.63) is 88.8 Å². The molecule has 5 rings (SSSR count). The summed E-state index contributed by atoms with van der Waals surface area (Å²) in [6.07, 6.45) is 1.56. The van der Waals surface area contributed by atoms with Crippen molar-refractivity contribution in [1.82, 2.24) is 24.6 Å². The van der Waals surface area contributed by atoms with Crippen LogP contribution in [0.3, 0.4) is 0 Å². The minimum absolute atomic E-state index is 0.0817. The molecule has 0 aliphatic carbocycles. The van der Waals surface area contributed by atoms with E-state index in [2.05, 4.69) is 26.1 Å². The van der Waals surface area contributed by atoms with Crippen molar-refractivity contribution < 1.29 is 19.4 Å². The highest BCUT2D eigenvalue weighted by Gasteiger charge is 2.21. The number of aromatic amines is 1. The summed E-state index contributed by atoms with van der Waals surface area (Å²) >= 11 is 5.69. The summed E-state index contributed by atoms with van der Waals surface area (Å²) in [5.41, 5.74) is 3.82. The molecule has 0 fully saturated rings. The number of H-pyrrole nitrogens is 1. The van der Waals surface area contributed by atoms with E-state index in [-0.39, 0.29) is 11.7 Å². The number of aromatic nitrogens is 4. The van der Waals surface area contributed by atoms with E-state index >= 15 is 0 Å². The van der Waals surface area contributed by atoms with E-state index in [1.54, 1.807) is 6.07 Å². The summed E-state index contributed by atoms with van der Waals surface area (Å²) < 4.78 is 16.0. The Hall–Kier alpha value is -4.57. The van der Waals surface area contributed by atoms with Gasteiger partial charge in [0.15, 0.2) is 10.6 Å². The molecular weight excluding hydrogens is 562 g/mol. The second-order valence-corrected chi connectivity index (χ2v) is 12.1. The van der Waals surface area contributed by atoms with Crippen molar-refractivity contribution in [1.29, 1.82) is 0 Å². The quantitative estimate of drug-likeness (QED) is 0.152. The van der Waals surface area contributed by atoms with Crippen LogP contribution in [0.2, 0.25) is 0 Å². The van der Waals surface area contributed by atoms with E-state index in [1.807, 2.05) is 100.0 Å². The van der Waals surface area contributed by atoms with Crippen LogP contribution in [0.5, 0.6) is 11.5 Å². The van der Waals surface area contributed by atoms with Crippen molar-refractivity contribution in [3.63, 3.8) is 0 Å². The van der Waals surface area contributed by atoms with Crippen LogP contribution < -0.4 is 10.1 Å². The number of carbonyl (C=O) groups excluding carboxylic acids is 1. The van der Waals surface area contributed by atoms with Crippen LogP contribution in [0.4, 0.5) is 4.79 Å². The van der Waals surface area contributed by atoms with Gasteiger partial charge in [0, 0.05) is 36.3 Å². The van der Waals surface area contributed by atoms with Gasteiger partial charge >= 0.3 is 6.09 Å².